The molecule has 0 spiro atoms. The maximum absolute atomic E-state index is 13.8. The first-order valence-electron chi connectivity index (χ1n) is 15.0. The molecule has 1 saturated heterocycles. The van der Waals surface area contributed by atoms with Crippen LogP contribution in [0.5, 0.6) is 5.75 Å². The number of hydrogen-bond donors (Lipinski definition) is 0. The molecule has 14 nitrogen and oxygen atoms in total. The molecule has 4 amide bonds. The van der Waals surface area contributed by atoms with Crippen molar-refractivity contribution in [2.24, 2.45) is 4.99 Å². The number of aliphatic imine (C=N–C) groups is 1. The number of guanidine groups is 1. The van der Waals surface area contributed by atoms with Gasteiger partial charge in [0.1, 0.15) is 0 Å². The van der Waals surface area contributed by atoms with Gasteiger partial charge in [-0.1, -0.05) is 0 Å². The first-order valence-corrected chi connectivity index (χ1v) is 19.8. The Bertz CT molecular complexity index is 1740. The van der Waals surface area contributed by atoms with Crippen molar-refractivity contribution < 1.29 is 52.7 Å². The molecule has 1 aliphatic rings. The van der Waals surface area contributed by atoms with Crippen molar-refractivity contribution in [2.45, 2.75) is 64.8 Å². The molecule has 2 aromatic rings. The van der Waals surface area contributed by atoms with Gasteiger partial charge in [-0.15, -0.1) is 0 Å². The molecule has 51 heavy (non-hydrogen) atoms. The van der Waals surface area contributed by atoms with E-state index < -0.39 is 59.2 Å². The summed E-state index contributed by atoms with van der Waals surface area (Å²) in [7, 11) is -1.62. The fourth-order valence-corrected chi connectivity index (χ4v) is 11.3. The number of carbonyl (C=O) groups is 3. The number of carbonyl (C=O) groups excluding carboxylic acids is 3. The zero-order chi connectivity index (χ0) is 38.7. The molecule has 0 aliphatic carbocycles. The predicted octanol–water partition coefficient (Wildman–Crippen LogP) is 6.92. The number of ether oxygens (including phenoxy) is 3. The molecule has 2 aromatic carbocycles. The zero-order valence-corrected chi connectivity index (χ0v) is 33.1. The number of alkyl halides is 3. The van der Waals surface area contributed by atoms with Gasteiger partial charge in [0.25, 0.3) is 0 Å². The van der Waals surface area contributed by atoms with Gasteiger partial charge in [0, 0.05) is 0 Å². The van der Waals surface area contributed by atoms with E-state index in [2.05, 4.69) is 4.99 Å². The molecule has 1 heterocycles. The molecule has 0 aromatic heterocycles. The van der Waals surface area contributed by atoms with E-state index >= 15 is 0 Å². The Kier molecular flexibility index (Phi) is 13.1. The monoisotopic (exact) mass is 877 g/mol. The predicted molar refractivity (Wildman–Crippen MR) is 190 cm³/mol. The second-order valence-electron chi connectivity index (χ2n) is 13.1. The Hall–Kier alpha value is -3.56. The summed E-state index contributed by atoms with van der Waals surface area (Å²) in [6.45, 7) is 9.22. The Labute approximate surface area is 307 Å². The van der Waals surface area contributed by atoms with Crippen LogP contribution in [0.15, 0.2) is 47.5 Å². The molecular weight excluding hydrogens is 838 g/mol. The SMILES string of the molecule is COc1ccc(I(OS(=O)(=O)C(F)(F)F)c2ccc(CN(C(=O)OC(C)(C)C)/C(=N/C(=O)OC(C)(C)C)N3CN(C)C(=O)N(C)C3)cc2Cl)cc1. The van der Waals surface area contributed by atoms with E-state index in [1.807, 2.05) is 0 Å². The van der Waals surface area contributed by atoms with Gasteiger partial charge >= 0.3 is 309 Å². The molecule has 0 bridgehead atoms. The van der Waals surface area contributed by atoms with E-state index in [4.69, 9.17) is 28.3 Å². The number of rotatable bonds is 7. The maximum atomic E-state index is 13.8. The summed E-state index contributed by atoms with van der Waals surface area (Å²) in [5.41, 5.74) is -7.38. The van der Waals surface area contributed by atoms with Gasteiger partial charge in [-0.05, 0) is 0 Å². The summed E-state index contributed by atoms with van der Waals surface area (Å²) < 4.78 is 86.0. The number of hydrogen-bond acceptors (Lipinski definition) is 9. The molecule has 0 saturated carbocycles. The normalized spacial score (nSPS) is 15.1. The van der Waals surface area contributed by atoms with Gasteiger partial charge < -0.3 is 0 Å². The van der Waals surface area contributed by atoms with Crippen molar-refractivity contribution in [3.05, 3.63) is 60.2 Å². The van der Waals surface area contributed by atoms with Crippen LogP contribution in [0.25, 0.3) is 0 Å². The number of amides is 4. The quantitative estimate of drug-likeness (QED) is 0.124. The summed E-state index contributed by atoms with van der Waals surface area (Å²) >= 11 is 2.71. The van der Waals surface area contributed by atoms with E-state index in [-0.39, 0.29) is 49.6 Å². The Balaban J connectivity index is 2.15. The van der Waals surface area contributed by atoms with E-state index in [0.717, 1.165) is 4.90 Å². The Morgan fingerprint density at radius 1 is 0.941 bits per heavy atom. The molecule has 1 fully saturated rings. The number of benzene rings is 2. The van der Waals surface area contributed by atoms with Crippen molar-refractivity contribution in [2.75, 3.05) is 34.5 Å². The molecule has 0 N–H and O–H groups in total. The average molecular weight is 878 g/mol. The molecule has 284 valence electrons. The third kappa shape index (κ3) is 11.5. The average Bonchev–Trinajstić information content (AvgIpc) is 2.98. The van der Waals surface area contributed by atoms with Crippen molar-refractivity contribution in [1.82, 2.24) is 19.6 Å². The Morgan fingerprint density at radius 2 is 1.49 bits per heavy atom. The van der Waals surface area contributed by atoms with Gasteiger partial charge in [0.15, 0.2) is 0 Å². The fourth-order valence-electron chi connectivity index (χ4n) is 4.25. The molecular formula is C31H40ClF3IN5O9S. The van der Waals surface area contributed by atoms with Gasteiger partial charge in [0.05, 0.1) is 0 Å². The number of methoxy groups -OCH3 is 1. The number of urea groups is 1. The topological polar surface area (TPSA) is 148 Å². The van der Waals surface area contributed by atoms with Gasteiger partial charge in [-0.3, -0.25) is 0 Å². The van der Waals surface area contributed by atoms with Gasteiger partial charge in [-0.25, -0.2) is 0 Å². The van der Waals surface area contributed by atoms with Crippen molar-refractivity contribution in [1.29, 1.82) is 0 Å². The standard InChI is InChI=1S/C31H40ClF3IN5O9S/c1-29(2,3)48-26(42)37-25(40-18-38(7)27(43)39(8)19-40)41(28(44)49-30(4,5)6)17-20-10-15-24(23(32)16-20)36(50-51(45,46)31(33,34)35)21-11-13-22(47-9)14-12-21/h10-16H,17-19H2,1-9H3/b37-25+. The minimum absolute atomic E-state index is 0.00636. The second kappa shape index (κ2) is 16.0. The van der Waals surface area contributed by atoms with Crippen molar-refractivity contribution >= 4 is 66.1 Å². The molecule has 20 heteroatoms. The summed E-state index contributed by atoms with van der Waals surface area (Å²) in [6.07, 6.45) is -1.99. The van der Waals surface area contributed by atoms with Crippen molar-refractivity contribution in [3.8, 4) is 5.75 Å². The first kappa shape index (κ1) is 41.9. The van der Waals surface area contributed by atoms with Crippen LogP contribution >= 0.6 is 31.8 Å². The summed E-state index contributed by atoms with van der Waals surface area (Å²) in [6, 6.07) is 9.39. The number of halogens is 5. The minimum atomic E-state index is -6.03. The zero-order valence-electron chi connectivity index (χ0n) is 29.4. The molecule has 0 atom stereocenters. The van der Waals surface area contributed by atoms with E-state index in [1.165, 1.54) is 78.4 Å². The molecule has 0 unspecified atom stereocenters. The number of nitrogens with zero attached hydrogens (tertiary/aromatic N) is 5. The van der Waals surface area contributed by atoms with Crippen LogP contribution in [0.3, 0.4) is 0 Å². The third-order valence-electron chi connectivity index (χ3n) is 6.33. The first-order chi connectivity index (χ1) is 23.3. The van der Waals surface area contributed by atoms with Gasteiger partial charge in [0.2, 0.25) is 0 Å². The van der Waals surface area contributed by atoms with Crippen LogP contribution in [0.1, 0.15) is 47.1 Å². The molecule has 0 radical (unpaired) electrons. The molecule has 3 rings (SSSR count). The molecule has 1 aliphatic heterocycles. The van der Waals surface area contributed by atoms with E-state index in [9.17, 15) is 36.0 Å². The summed E-state index contributed by atoms with van der Waals surface area (Å²) in [5.74, 6) is 0.132. The van der Waals surface area contributed by atoms with Crippen LogP contribution in [-0.2, 0) is 28.6 Å². The van der Waals surface area contributed by atoms with Crippen LogP contribution in [0.2, 0.25) is 5.02 Å². The van der Waals surface area contributed by atoms with Crippen LogP contribution in [0.4, 0.5) is 27.6 Å². The Morgan fingerprint density at radius 3 is 1.96 bits per heavy atom. The third-order valence-corrected chi connectivity index (χ3v) is 14.2. The second-order valence-corrected chi connectivity index (χ2v) is 19.9. The van der Waals surface area contributed by atoms with Crippen LogP contribution < -0.4 is 4.74 Å². The van der Waals surface area contributed by atoms with E-state index in [0.29, 0.717) is 5.75 Å². The van der Waals surface area contributed by atoms with Crippen molar-refractivity contribution in [3.63, 3.8) is 0 Å². The van der Waals surface area contributed by atoms with Crippen LogP contribution in [-0.4, -0.2) is 103 Å². The van der Waals surface area contributed by atoms with E-state index in [1.54, 1.807) is 41.5 Å². The van der Waals surface area contributed by atoms with Crippen LogP contribution in [0, 0.1) is 7.14 Å². The van der Waals surface area contributed by atoms with Gasteiger partial charge in [-0.2, -0.15) is 0 Å². The summed E-state index contributed by atoms with van der Waals surface area (Å²) in [4.78, 5) is 48.7. The summed E-state index contributed by atoms with van der Waals surface area (Å²) in [5, 5.41) is -0.149. The fraction of sp³-hybridized carbons (Fsp3) is 0.484.